The summed E-state index contributed by atoms with van der Waals surface area (Å²) in [6, 6.07) is 5.18. The second-order valence-electron chi connectivity index (χ2n) is 4.86. The number of methoxy groups -OCH3 is 1. The number of carbonyl (C=O) groups is 2. The molecule has 1 N–H and O–H groups in total. The predicted molar refractivity (Wildman–Crippen MR) is 83.8 cm³/mol. The van der Waals surface area contributed by atoms with E-state index in [-0.39, 0.29) is 23.4 Å². The molecule has 1 atom stereocenters. The highest BCUT2D eigenvalue weighted by atomic mass is 16.6. The van der Waals surface area contributed by atoms with Crippen molar-refractivity contribution in [3.05, 3.63) is 63.4 Å². The largest absolute Gasteiger partial charge is 0.466 e. The third kappa shape index (κ3) is 3.60. The summed E-state index contributed by atoms with van der Waals surface area (Å²) < 4.78 is 9.66. The van der Waals surface area contributed by atoms with Crippen molar-refractivity contribution in [2.75, 3.05) is 13.7 Å². The van der Waals surface area contributed by atoms with Gasteiger partial charge in [0.15, 0.2) is 0 Å². The number of rotatable bonds is 5. The van der Waals surface area contributed by atoms with Crippen molar-refractivity contribution in [2.45, 2.75) is 13.0 Å². The Bertz CT molecular complexity index is 721. The Labute approximate surface area is 137 Å². The molecule has 0 saturated heterocycles. The molecule has 1 aromatic rings. The van der Waals surface area contributed by atoms with Crippen LogP contribution in [-0.4, -0.2) is 30.6 Å². The fourth-order valence-corrected chi connectivity index (χ4v) is 2.25. The van der Waals surface area contributed by atoms with Crippen LogP contribution in [0.3, 0.4) is 0 Å². The van der Waals surface area contributed by atoms with Crippen LogP contribution < -0.4 is 5.32 Å². The minimum absolute atomic E-state index is 0.0547. The van der Waals surface area contributed by atoms with Crippen molar-refractivity contribution in [1.29, 1.82) is 0 Å². The molecular weight excluding hydrogens is 316 g/mol. The number of nitrogens with one attached hydrogen (secondary N) is 1. The van der Waals surface area contributed by atoms with Crippen LogP contribution in [0.15, 0.2) is 47.7 Å². The van der Waals surface area contributed by atoms with Crippen LogP contribution in [0.1, 0.15) is 18.5 Å². The second kappa shape index (κ2) is 7.40. The maximum absolute atomic E-state index is 12.0. The Morgan fingerprint density at radius 1 is 1.25 bits per heavy atom. The summed E-state index contributed by atoms with van der Waals surface area (Å²) in [6.07, 6.45) is 2.84. The first-order chi connectivity index (χ1) is 11.5. The minimum atomic E-state index is -0.610. The molecule has 24 heavy (non-hydrogen) atoms. The molecule has 0 radical (unpaired) electrons. The van der Waals surface area contributed by atoms with E-state index in [9.17, 15) is 19.7 Å². The molecule has 1 aliphatic heterocycles. The van der Waals surface area contributed by atoms with Crippen molar-refractivity contribution >= 4 is 17.6 Å². The molecule has 0 bridgehead atoms. The van der Waals surface area contributed by atoms with Crippen molar-refractivity contribution < 1.29 is 24.0 Å². The van der Waals surface area contributed by atoms with E-state index in [0.29, 0.717) is 5.56 Å². The van der Waals surface area contributed by atoms with Crippen LogP contribution in [0, 0.1) is 10.1 Å². The summed E-state index contributed by atoms with van der Waals surface area (Å²) >= 11 is 0. The van der Waals surface area contributed by atoms with Gasteiger partial charge in [-0.2, -0.15) is 0 Å². The zero-order chi connectivity index (χ0) is 17.7. The summed E-state index contributed by atoms with van der Waals surface area (Å²) in [7, 11) is 1.23. The van der Waals surface area contributed by atoms with E-state index in [1.54, 1.807) is 6.92 Å². The number of benzene rings is 1. The summed E-state index contributed by atoms with van der Waals surface area (Å²) in [6.45, 7) is 1.89. The summed E-state index contributed by atoms with van der Waals surface area (Å²) in [5, 5.41) is 13.7. The van der Waals surface area contributed by atoms with Gasteiger partial charge in [0.05, 0.1) is 35.8 Å². The van der Waals surface area contributed by atoms with E-state index in [1.807, 2.05) is 0 Å². The van der Waals surface area contributed by atoms with Crippen LogP contribution in [0.5, 0.6) is 0 Å². The van der Waals surface area contributed by atoms with Gasteiger partial charge in [-0.05, 0) is 30.7 Å². The highest BCUT2D eigenvalue weighted by Gasteiger charge is 2.28. The average molecular weight is 332 g/mol. The molecule has 126 valence electrons. The normalized spacial score (nSPS) is 16.3. The summed E-state index contributed by atoms with van der Waals surface area (Å²) in [5.74, 6) is -1.17. The molecule has 1 unspecified atom stereocenters. The van der Waals surface area contributed by atoms with Crippen molar-refractivity contribution in [2.24, 2.45) is 0 Å². The predicted octanol–water partition coefficient (Wildman–Crippen LogP) is 1.79. The number of nitro groups is 1. The number of carbonyl (C=O) groups excluding carboxylic acids is 2. The van der Waals surface area contributed by atoms with Gasteiger partial charge in [0.25, 0.3) is 5.69 Å². The van der Waals surface area contributed by atoms with Gasteiger partial charge in [0, 0.05) is 18.3 Å². The van der Waals surface area contributed by atoms with Gasteiger partial charge >= 0.3 is 11.9 Å². The van der Waals surface area contributed by atoms with Gasteiger partial charge < -0.3 is 14.8 Å². The number of ether oxygens (including phenoxy) is 2. The Morgan fingerprint density at radius 3 is 2.46 bits per heavy atom. The lowest BCUT2D eigenvalue weighted by Crippen LogP contribution is -2.28. The zero-order valence-electron chi connectivity index (χ0n) is 13.1. The average Bonchev–Trinajstić information content (AvgIpc) is 2.60. The summed E-state index contributed by atoms with van der Waals surface area (Å²) in [4.78, 5) is 34.1. The fourth-order valence-electron chi connectivity index (χ4n) is 2.25. The number of non-ortho nitro benzene ring substituents is 1. The number of dihydropyridines is 1. The Balaban J connectivity index is 2.33. The molecule has 0 aromatic heterocycles. The number of hydrogen-bond donors (Lipinski definition) is 1. The molecule has 0 saturated carbocycles. The highest BCUT2D eigenvalue weighted by molar-refractivity contribution is 5.98. The first-order valence-electron chi connectivity index (χ1n) is 7.15. The van der Waals surface area contributed by atoms with E-state index in [1.165, 1.54) is 43.7 Å². The van der Waals surface area contributed by atoms with Gasteiger partial charge in [-0.1, -0.05) is 0 Å². The first kappa shape index (κ1) is 17.2. The van der Waals surface area contributed by atoms with Gasteiger partial charge in [0.1, 0.15) is 0 Å². The van der Waals surface area contributed by atoms with Crippen LogP contribution in [0.4, 0.5) is 5.69 Å². The smallest absolute Gasteiger partial charge is 0.339 e. The summed E-state index contributed by atoms with van der Waals surface area (Å²) in [5.41, 5.74) is 0.963. The Hall–Kier alpha value is -3.16. The standard InChI is InChI=1S/C16H16N2O6/c1-3-24-15(19)11-8-13(16(20)23-2)14(17-9-11)10-4-6-12(7-5-10)18(21)22/h4-9,14,17H,3H2,1-2H3. The molecular formula is C16H16N2O6. The lowest BCUT2D eigenvalue weighted by atomic mass is 9.94. The third-order valence-electron chi connectivity index (χ3n) is 3.40. The lowest BCUT2D eigenvalue weighted by molar-refractivity contribution is -0.384. The topological polar surface area (TPSA) is 108 Å². The number of hydrogen-bond acceptors (Lipinski definition) is 7. The SMILES string of the molecule is CCOC(=O)C1=CNC(c2ccc([N+](=O)[O-])cc2)C(C(=O)OC)=C1. The van der Waals surface area contributed by atoms with Crippen molar-refractivity contribution in [3.8, 4) is 0 Å². The zero-order valence-corrected chi connectivity index (χ0v) is 13.1. The maximum atomic E-state index is 12.0. The van der Waals surface area contributed by atoms with E-state index in [2.05, 4.69) is 5.32 Å². The number of nitrogens with zero attached hydrogens (tertiary/aromatic N) is 1. The Morgan fingerprint density at radius 2 is 1.92 bits per heavy atom. The Kier molecular flexibility index (Phi) is 5.31. The van der Waals surface area contributed by atoms with Gasteiger partial charge in [-0.15, -0.1) is 0 Å². The molecule has 0 spiro atoms. The quantitative estimate of drug-likeness (QED) is 0.497. The number of esters is 2. The fraction of sp³-hybridized carbons (Fsp3) is 0.250. The molecule has 8 nitrogen and oxygen atoms in total. The van der Waals surface area contributed by atoms with E-state index in [4.69, 9.17) is 9.47 Å². The van der Waals surface area contributed by atoms with Crippen LogP contribution >= 0.6 is 0 Å². The van der Waals surface area contributed by atoms with Crippen LogP contribution in [0.25, 0.3) is 0 Å². The van der Waals surface area contributed by atoms with Gasteiger partial charge in [-0.25, -0.2) is 9.59 Å². The third-order valence-corrected chi connectivity index (χ3v) is 3.40. The second-order valence-corrected chi connectivity index (χ2v) is 4.86. The van der Waals surface area contributed by atoms with Gasteiger partial charge in [0.2, 0.25) is 0 Å². The van der Waals surface area contributed by atoms with E-state index in [0.717, 1.165) is 0 Å². The minimum Gasteiger partial charge on any atom is -0.466 e. The van der Waals surface area contributed by atoms with Crippen LogP contribution in [0.2, 0.25) is 0 Å². The molecule has 1 aromatic carbocycles. The van der Waals surface area contributed by atoms with E-state index >= 15 is 0 Å². The molecule has 0 amide bonds. The molecule has 1 aliphatic rings. The van der Waals surface area contributed by atoms with Crippen molar-refractivity contribution in [1.82, 2.24) is 5.32 Å². The van der Waals surface area contributed by atoms with Crippen molar-refractivity contribution in [3.63, 3.8) is 0 Å². The van der Waals surface area contributed by atoms with E-state index < -0.39 is 22.9 Å². The lowest BCUT2D eigenvalue weighted by Gasteiger charge is -2.24. The first-order valence-corrected chi connectivity index (χ1v) is 7.15. The highest BCUT2D eigenvalue weighted by Crippen LogP contribution is 2.28. The van der Waals surface area contributed by atoms with Crippen LogP contribution in [-0.2, 0) is 19.1 Å². The number of nitro benzene ring substituents is 1. The molecule has 1 heterocycles. The monoisotopic (exact) mass is 332 g/mol. The molecule has 0 fully saturated rings. The van der Waals surface area contributed by atoms with Gasteiger partial charge in [-0.3, -0.25) is 10.1 Å². The molecule has 8 heteroatoms. The maximum Gasteiger partial charge on any atom is 0.339 e. The molecule has 2 rings (SSSR count). The molecule has 0 aliphatic carbocycles.